The van der Waals surface area contributed by atoms with Gasteiger partial charge in [-0.15, -0.1) is 0 Å². The van der Waals surface area contributed by atoms with Gasteiger partial charge in [0, 0.05) is 12.1 Å². The number of phenols is 1. The van der Waals surface area contributed by atoms with Gasteiger partial charge in [0.2, 0.25) is 11.8 Å². The predicted molar refractivity (Wildman–Crippen MR) is 55.6 cm³/mol. The summed E-state index contributed by atoms with van der Waals surface area (Å²) in [5.74, 6) is -1.19. The summed E-state index contributed by atoms with van der Waals surface area (Å²) in [5, 5.41) is 9.30. The first-order valence-corrected chi connectivity index (χ1v) is 5.03. The molecular formula is C11H10N2O3. The summed E-state index contributed by atoms with van der Waals surface area (Å²) in [6, 6.07) is 5.78. The van der Waals surface area contributed by atoms with E-state index in [1.165, 1.54) is 12.1 Å². The normalized spacial score (nSPS) is 31.8. The summed E-state index contributed by atoms with van der Waals surface area (Å²) in [6.07, 6.45) is 0. The fraction of sp³-hybridized carbons (Fsp3) is 0.273. The number of phenolic OH excluding ortho intramolecular Hbond substituents is 1. The van der Waals surface area contributed by atoms with Crippen molar-refractivity contribution in [3.8, 4) is 5.75 Å². The van der Waals surface area contributed by atoms with E-state index in [-0.39, 0.29) is 35.4 Å². The molecule has 5 nitrogen and oxygen atoms in total. The SMILES string of the molecule is NC1C2C(=O)N(c3cccc(O)c3)C(=O)C12. The van der Waals surface area contributed by atoms with Gasteiger partial charge in [-0.25, -0.2) is 4.90 Å². The van der Waals surface area contributed by atoms with Crippen LogP contribution in [0.25, 0.3) is 0 Å². The second kappa shape index (κ2) is 2.82. The Hall–Kier alpha value is -1.88. The summed E-state index contributed by atoms with van der Waals surface area (Å²) in [6.45, 7) is 0. The monoisotopic (exact) mass is 218 g/mol. The van der Waals surface area contributed by atoms with Crippen LogP contribution in [0.4, 0.5) is 5.69 Å². The number of carbonyl (C=O) groups is 2. The van der Waals surface area contributed by atoms with Crippen LogP contribution in [0, 0.1) is 11.8 Å². The van der Waals surface area contributed by atoms with Crippen LogP contribution >= 0.6 is 0 Å². The number of carbonyl (C=O) groups excluding carboxylic acids is 2. The Bertz CT molecular complexity index is 478. The van der Waals surface area contributed by atoms with E-state index in [9.17, 15) is 14.7 Å². The summed E-state index contributed by atoms with van der Waals surface area (Å²) < 4.78 is 0. The lowest BCUT2D eigenvalue weighted by Gasteiger charge is -2.17. The van der Waals surface area contributed by atoms with Gasteiger partial charge in [0.15, 0.2) is 0 Å². The lowest BCUT2D eigenvalue weighted by molar-refractivity contribution is -0.123. The molecule has 1 aromatic carbocycles. The third-order valence-electron chi connectivity index (χ3n) is 3.17. The molecule has 82 valence electrons. The lowest BCUT2D eigenvalue weighted by atomic mass is 10.2. The fourth-order valence-corrected chi connectivity index (χ4v) is 2.26. The number of amides is 2. The molecular weight excluding hydrogens is 208 g/mol. The van der Waals surface area contributed by atoms with E-state index < -0.39 is 0 Å². The van der Waals surface area contributed by atoms with Crippen LogP contribution in [-0.4, -0.2) is 23.0 Å². The number of benzene rings is 1. The topological polar surface area (TPSA) is 83.6 Å². The van der Waals surface area contributed by atoms with Gasteiger partial charge in [-0.1, -0.05) is 6.07 Å². The van der Waals surface area contributed by atoms with Crippen LogP contribution in [0.3, 0.4) is 0 Å². The van der Waals surface area contributed by atoms with E-state index in [1.807, 2.05) is 0 Å². The van der Waals surface area contributed by atoms with Crippen LogP contribution < -0.4 is 10.6 Å². The highest BCUT2D eigenvalue weighted by Gasteiger charge is 2.66. The molecule has 2 unspecified atom stereocenters. The number of imide groups is 1. The highest BCUT2D eigenvalue weighted by molar-refractivity contribution is 6.25. The first-order valence-electron chi connectivity index (χ1n) is 5.03. The van der Waals surface area contributed by atoms with Gasteiger partial charge in [0.25, 0.3) is 0 Å². The van der Waals surface area contributed by atoms with Gasteiger partial charge < -0.3 is 10.8 Å². The van der Waals surface area contributed by atoms with Crippen LogP contribution in [-0.2, 0) is 9.59 Å². The van der Waals surface area contributed by atoms with Crippen molar-refractivity contribution in [3.63, 3.8) is 0 Å². The number of piperidine rings is 1. The Balaban J connectivity index is 1.98. The first kappa shape index (κ1) is 9.35. The molecule has 1 heterocycles. The van der Waals surface area contributed by atoms with Crippen LogP contribution in [0.2, 0.25) is 0 Å². The van der Waals surface area contributed by atoms with Crippen LogP contribution in [0.15, 0.2) is 24.3 Å². The number of nitrogens with two attached hydrogens (primary N) is 1. The molecule has 1 saturated heterocycles. The number of aromatic hydroxyl groups is 1. The summed E-state index contributed by atoms with van der Waals surface area (Å²) in [7, 11) is 0. The second-order valence-corrected chi connectivity index (χ2v) is 4.16. The maximum Gasteiger partial charge on any atom is 0.239 e. The maximum atomic E-state index is 11.8. The smallest absolute Gasteiger partial charge is 0.239 e. The summed E-state index contributed by atoms with van der Waals surface area (Å²) in [5.41, 5.74) is 6.02. The van der Waals surface area contributed by atoms with Gasteiger partial charge in [-0.05, 0) is 12.1 Å². The largest absolute Gasteiger partial charge is 0.508 e. The molecule has 0 radical (unpaired) electrons. The molecule has 3 rings (SSSR count). The first-order chi connectivity index (χ1) is 7.61. The van der Waals surface area contributed by atoms with Crippen LogP contribution in [0.1, 0.15) is 0 Å². The highest BCUT2D eigenvalue weighted by Crippen LogP contribution is 2.47. The molecule has 1 aliphatic carbocycles. The van der Waals surface area contributed by atoms with E-state index in [2.05, 4.69) is 0 Å². The van der Waals surface area contributed by atoms with Crippen molar-refractivity contribution in [2.24, 2.45) is 17.6 Å². The number of anilines is 1. The minimum atomic E-state index is -0.352. The zero-order valence-corrected chi connectivity index (χ0v) is 8.33. The van der Waals surface area contributed by atoms with Crippen molar-refractivity contribution in [1.82, 2.24) is 0 Å². The summed E-state index contributed by atoms with van der Waals surface area (Å²) in [4.78, 5) is 24.8. The Kier molecular flexibility index (Phi) is 1.65. The highest BCUT2D eigenvalue weighted by atomic mass is 16.3. The zero-order chi connectivity index (χ0) is 11.4. The standard InChI is InChI=1S/C11H10N2O3/c12-9-7-8(9)11(16)13(10(7)15)5-2-1-3-6(14)4-5/h1-4,7-9,14H,12H2. The van der Waals surface area contributed by atoms with Crippen molar-refractivity contribution in [2.45, 2.75) is 6.04 Å². The molecule has 5 heteroatoms. The Morgan fingerprint density at radius 2 is 1.81 bits per heavy atom. The van der Waals surface area contributed by atoms with Crippen molar-refractivity contribution in [1.29, 1.82) is 0 Å². The molecule has 2 atom stereocenters. The van der Waals surface area contributed by atoms with E-state index in [1.54, 1.807) is 12.1 Å². The predicted octanol–water partition coefficient (Wildman–Crippen LogP) is -0.161. The molecule has 2 amide bonds. The van der Waals surface area contributed by atoms with Crippen LogP contribution in [0.5, 0.6) is 5.75 Å². The minimum Gasteiger partial charge on any atom is -0.508 e. The third-order valence-corrected chi connectivity index (χ3v) is 3.17. The molecule has 1 aromatic rings. The van der Waals surface area contributed by atoms with E-state index in [0.29, 0.717) is 5.69 Å². The van der Waals surface area contributed by atoms with Gasteiger partial charge in [-0.2, -0.15) is 0 Å². The number of nitrogens with zero attached hydrogens (tertiary/aromatic N) is 1. The van der Waals surface area contributed by atoms with Gasteiger partial charge in [0.1, 0.15) is 5.75 Å². The Morgan fingerprint density at radius 1 is 1.19 bits per heavy atom. The average Bonchev–Trinajstić information content (AvgIpc) is 2.81. The molecule has 0 aromatic heterocycles. The zero-order valence-electron chi connectivity index (χ0n) is 8.33. The molecule has 0 spiro atoms. The lowest BCUT2D eigenvalue weighted by Crippen LogP contribution is -2.37. The molecule has 2 fully saturated rings. The molecule has 0 bridgehead atoms. The fourth-order valence-electron chi connectivity index (χ4n) is 2.26. The van der Waals surface area contributed by atoms with Gasteiger partial charge >= 0.3 is 0 Å². The molecule has 1 aliphatic heterocycles. The van der Waals surface area contributed by atoms with Gasteiger partial charge in [0.05, 0.1) is 17.5 Å². The maximum absolute atomic E-state index is 11.8. The second-order valence-electron chi connectivity index (χ2n) is 4.16. The molecule has 2 aliphatic rings. The van der Waals surface area contributed by atoms with E-state index >= 15 is 0 Å². The molecule has 1 saturated carbocycles. The van der Waals surface area contributed by atoms with Gasteiger partial charge in [-0.3, -0.25) is 9.59 Å². The number of hydrogen-bond donors (Lipinski definition) is 2. The summed E-state index contributed by atoms with van der Waals surface area (Å²) >= 11 is 0. The van der Waals surface area contributed by atoms with Crippen molar-refractivity contribution >= 4 is 17.5 Å². The number of rotatable bonds is 1. The average molecular weight is 218 g/mol. The Labute approximate surface area is 91.5 Å². The molecule has 16 heavy (non-hydrogen) atoms. The van der Waals surface area contributed by atoms with E-state index in [0.717, 1.165) is 4.90 Å². The van der Waals surface area contributed by atoms with E-state index in [4.69, 9.17) is 5.73 Å². The Morgan fingerprint density at radius 3 is 2.38 bits per heavy atom. The van der Waals surface area contributed by atoms with Crippen molar-refractivity contribution in [3.05, 3.63) is 24.3 Å². The minimum absolute atomic E-state index is 0.0305. The third kappa shape index (κ3) is 1.03. The molecule has 3 N–H and O–H groups in total. The van der Waals surface area contributed by atoms with Crippen molar-refractivity contribution < 1.29 is 14.7 Å². The number of hydrogen-bond acceptors (Lipinski definition) is 4. The number of fused-ring (bicyclic) bond motifs is 1. The van der Waals surface area contributed by atoms with Crippen molar-refractivity contribution in [2.75, 3.05) is 4.90 Å². The quantitative estimate of drug-likeness (QED) is 0.641.